The number of hydrogen-bond acceptors (Lipinski definition) is 3. The molecule has 0 radical (unpaired) electrons. The van der Waals surface area contributed by atoms with Crippen molar-refractivity contribution in [2.24, 2.45) is 0 Å². The van der Waals surface area contributed by atoms with Crippen LogP contribution in [0.4, 0.5) is 10.2 Å². The van der Waals surface area contributed by atoms with E-state index in [-0.39, 0.29) is 5.82 Å². The second-order valence-corrected chi connectivity index (χ2v) is 3.23. The first-order valence-electron chi connectivity index (χ1n) is 4.59. The first-order valence-corrected chi connectivity index (χ1v) is 4.59. The van der Waals surface area contributed by atoms with E-state index in [1.165, 1.54) is 12.3 Å². The number of aromatic nitrogens is 2. The molecule has 2 heterocycles. The molecule has 0 bridgehead atoms. The van der Waals surface area contributed by atoms with Crippen LogP contribution < -0.4 is 5.23 Å². The molecule has 2 rings (SSSR count). The molecule has 2 aromatic rings. The molecule has 0 saturated heterocycles. The number of halogens is 1. The average Bonchev–Trinajstić information content (AvgIpc) is 2.53. The van der Waals surface area contributed by atoms with Crippen molar-refractivity contribution in [3.63, 3.8) is 0 Å². The van der Waals surface area contributed by atoms with Crippen LogP contribution in [0.25, 0.3) is 5.65 Å². The summed E-state index contributed by atoms with van der Waals surface area (Å²) in [7, 11) is 1.98. The van der Waals surface area contributed by atoms with Gasteiger partial charge in [0.1, 0.15) is 17.3 Å². The van der Waals surface area contributed by atoms with Gasteiger partial charge in [0.25, 0.3) is 0 Å². The van der Waals surface area contributed by atoms with Crippen LogP contribution in [0.3, 0.4) is 0 Å². The lowest BCUT2D eigenvalue weighted by molar-refractivity contribution is 0.446. The number of nitrogens with zero attached hydrogens (tertiary/aromatic N) is 2. The number of fused-ring (bicyclic) bond motifs is 1. The Kier molecular flexibility index (Phi) is 2.59. The maximum atomic E-state index is 13.0. The second kappa shape index (κ2) is 3.90. The normalized spacial score (nSPS) is 10.6. The Morgan fingerprint density at radius 1 is 1.53 bits per heavy atom. The van der Waals surface area contributed by atoms with Gasteiger partial charge in [-0.05, 0) is 19.1 Å². The van der Waals surface area contributed by atoms with Gasteiger partial charge in [0.2, 0.25) is 0 Å². The maximum Gasteiger partial charge on any atom is 0.395 e. The number of rotatable bonds is 3. The summed E-state index contributed by atoms with van der Waals surface area (Å²) in [6.07, 6.45) is 1.41. The standard InChI is InChI=1S/C9H11BFN3O/c1-6-9(13-10-15-2)12-8-4-3-7(11)5-14(6)8/h3-5,10,13H,1-2H3. The summed E-state index contributed by atoms with van der Waals surface area (Å²) < 4.78 is 19.6. The highest BCUT2D eigenvalue weighted by atomic mass is 19.1. The summed E-state index contributed by atoms with van der Waals surface area (Å²) in [6.45, 7) is 1.87. The van der Waals surface area contributed by atoms with E-state index in [1.54, 1.807) is 17.6 Å². The van der Waals surface area contributed by atoms with Gasteiger partial charge in [-0.1, -0.05) is 0 Å². The largest absolute Gasteiger partial charge is 0.422 e. The lowest BCUT2D eigenvalue weighted by Crippen LogP contribution is -2.09. The van der Waals surface area contributed by atoms with Crippen molar-refractivity contribution in [3.8, 4) is 0 Å². The summed E-state index contributed by atoms with van der Waals surface area (Å²) in [5.41, 5.74) is 1.58. The van der Waals surface area contributed by atoms with Gasteiger partial charge < -0.3 is 9.88 Å². The van der Waals surface area contributed by atoms with Crippen LogP contribution in [-0.4, -0.2) is 24.1 Å². The van der Waals surface area contributed by atoms with Crippen LogP contribution in [0.1, 0.15) is 5.69 Å². The Labute approximate surface area is 87.4 Å². The third-order valence-corrected chi connectivity index (χ3v) is 2.21. The highest BCUT2D eigenvalue weighted by Gasteiger charge is 2.08. The van der Waals surface area contributed by atoms with Crippen LogP contribution in [0, 0.1) is 12.7 Å². The zero-order valence-corrected chi connectivity index (χ0v) is 8.62. The van der Waals surface area contributed by atoms with Crippen LogP contribution in [-0.2, 0) is 4.65 Å². The van der Waals surface area contributed by atoms with Gasteiger partial charge in [0.05, 0.1) is 5.69 Å². The van der Waals surface area contributed by atoms with Gasteiger partial charge in [-0.25, -0.2) is 9.37 Å². The molecule has 0 atom stereocenters. The van der Waals surface area contributed by atoms with Crippen molar-refractivity contribution >= 4 is 19.1 Å². The van der Waals surface area contributed by atoms with Crippen molar-refractivity contribution in [1.82, 2.24) is 9.38 Å². The van der Waals surface area contributed by atoms with Gasteiger partial charge in [0.15, 0.2) is 0 Å². The number of hydrogen-bond donors (Lipinski definition) is 1. The first-order chi connectivity index (χ1) is 7.22. The van der Waals surface area contributed by atoms with Gasteiger partial charge in [-0.2, -0.15) is 0 Å². The first kappa shape index (κ1) is 9.98. The molecule has 4 nitrogen and oxygen atoms in total. The molecule has 0 aliphatic carbocycles. The molecular weight excluding hydrogens is 196 g/mol. The lowest BCUT2D eigenvalue weighted by atomic mass is 10.2. The monoisotopic (exact) mass is 207 g/mol. The van der Waals surface area contributed by atoms with Crippen molar-refractivity contribution < 1.29 is 9.04 Å². The molecule has 0 spiro atoms. The van der Waals surface area contributed by atoms with Gasteiger partial charge in [-0.3, -0.25) is 4.40 Å². The Hall–Kier alpha value is -1.56. The predicted molar refractivity (Wildman–Crippen MR) is 57.7 cm³/mol. The highest BCUT2D eigenvalue weighted by molar-refractivity contribution is 6.32. The molecule has 0 unspecified atom stereocenters. The van der Waals surface area contributed by atoms with E-state index in [0.717, 1.165) is 5.69 Å². The van der Waals surface area contributed by atoms with E-state index < -0.39 is 0 Å². The topological polar surface area (TPSA) is 38.6 Å². The summed E-state index contributed by atoms with van der Waals surface area (Å²) >= 11 is 0. The Bertz CT molecular complexity index is 485. The SMILES string of the molecule is COBNc1nc2ccc(F)cn2c1C. The van der Waals surface area contributed by atoms with Crippen LogP contribution >= 0.6 is 0 Å². The molecule has 78 valence electrons. The Morgan fingerprint density at radius 2 is 2.33 bits per heavy atom. The third kappa shape index (κ3) is 1.80. The molecule has 6 heteroatoms. The minimum atomic E-state index is -0.277. The Morgan fingerprint density at radius 3 is 3.07 bits per heavy atom. The van der Waals surface area contributed by atoms with Crippen LogP contribution in [0.2, 0.25) is 0 Å². The zero-order chi connectivity index (χ0) is 10.8. The van der Waals surface area contributed by atoms with Crippen molar-refractivity contribution in [1.29, 1.82) is 0 Å². The molecule has 0 aliphatic rings. The number of anilines is 1. The van der Waals surface area contributed by atoms with Gasteiger partial charge >= 0.3 is 7.62 Å². The fraction of sp³-hybridized carbons (Fsp3) is 0.222. The van der Waals surface area contributed by atoms with Crippen molar-refractivity contribution in [2.45, 2.75) is 6.92 Å². The van der Waals surface area contributed by atoms with E-state index in [4.69, 9.17) is 4.65 Å². The Balaban J connectivity index is 2.45. The van der Waals surface area contributed by atoms with Crippen LogP contribution in [0.5, 0.6) is 0 Å². The summed E-state index contributed by atoms with van der Waals surface area (Å²) in [5.74, 6) is 0.434. The zero-order valence-electron chi connectivity index (χ0n) is 8.62. The van der Waals surface area contributed by atoms with E-state index in [0.29, 0.717) is 19.1 Å². The third-order valence-electron chi connectivity index (χ3n) is 2.21. The van der Waals surface area contributed by atoms with Gasteiger partial charge in [0, 0.05) is 13.3 Å². The van der Waals surface area contributed by atoms with E-state index in [1.807, 2.05) is 6.92 Å². The highest BCUT2D eigenvalue weighted by Crippen LogP contribution is 2.16. The molecule has 2 aromatic heterocycles. The fourth-order valence-corrected chi connectivity index (χ4v) is 1.44. The molecule has 0 aromatic carbocycles. The predicted octanol–water partition coefficient (Wildman–Crippen LogP) is 1.11. The number of aryl methyl sites for hydroxylation is 1. The smallest absolute Gasteiger partial charge is 0.395 e. The number of nitrogens with one attached hydrogen (secondary N) is 1. The molecule has 0 amide bonds. The molecule has 0 fully saturated rings. The summed E-state index contributed by atoms with van der Waals surface area (Å²) in [6, 6.07) is 3.03. The number of imidazole rings is 1. The quantitative estimate of drug-likeness (QED) is 0.766. The van der Waals surface area contributed by atoms with E-state index >= 15 is 0 Å². The molecule has 0 saturated carbocycles. The lowest BCUT2D eigenvalue weighted by Gasteiger charge is -2.00. The average molecular weight is 207 g/mol. The second-order valence-electron chi connectivity index (χ2n) is 3.23. The minimum Gasteiger partial charge on any atom is -0.422 e. The van der Waals surface area contributed by atoms with E-state index in [2.05, 4.69) is 10.2 Å². The van der Waals surface area contributed by atoms with Gasteiger partial charge in [-0.15, -0.1) is 0 Å². The van der Waals surface area contributed by atoms with Crippen LogP contribution in [0.15, 0.2) is 18.3 Å². The summed E-state index contributed by atoms with van der Waals surface area (Å²) in [5, 5.41) is 2.99. The maximum absolute atomic E-state index is 13.0. The van der Waals surface area contributed by atoms with E-state index in [9.17, 15) is 4.39 Å². The summed E-state index contributed by atoms with van der Waals surface area (Å²) in [4.78, 5) is 4.30. The fourth-order valence-electron chi connectivity index (χ4n) is 1.44. The van der Waals surface area contributed by atoms with Crippen molar-refractivity contribution in [3.05, 3.63) is 29.8 Å². The number of pyridine rings is 1. The molecular formula is C9H11BFN3O. The minimum absolute atomic E-state index is 0.277. The van der Waals surface area contributed by atoms with Crippen molar-refractivity contribution in [2.75, 3.05) is 12.3 Å². The molecule has 0 aliphatic heterocycles. The molecule has 1 N–H and O–H groups in total. The molecule has 15 heavy (non-hydrogen) atoms.